The van der Waals surface area contributed by atoms with Crippen LogP contribution in [-0.2, 0) is 6.42 Å². The zero-order valence-electron chi connectivity index (χ0n) is 12.2. The van der Waals surface area contributed by atoms with Crippen molar-refractivity contribution >= 4 is 5.82 Å². The molecule has 2 heterocycles. The highest BCUT2D eigenvalue weighted by molar-refractivity contribution is 5.36. The maximum Gasteiger partial charge on any atom is 0.212 e. The average molecular weight is 272 g/mol. The number of ether oxygens (including phenoxy) is 1. The predicted molar refractivity (Wildman–Crippen MR) is 79.1 cm³/mol. The smallest absolute Gasteiger partial charge is 0.212 e. The molecule has 0 unspecified atom stereocenters. The number of pyridine rings is 1. The number of hydrogen-bond donors (Lipinski definition) is 1. The van der Waals surface area contributed by atoms with Crippen LogP contribution >= 0.6 is 0 Å². The summed E-state index contributed by atoms with van der Waals surface area (Å²) in [6, 6.07) is 5.80. The highest BCUT2D eigenvalue weighted by atomic mass is 16.5. The van der Waals surface area contributed by atoms with Gasteiger partial charge in [-0.3, -0.25) is 0 Å². The molecule has 5 heteroatoms. The maximum atomic E-state index is 5.05. The first-order valence-corrected chi connectivity index (χ1v) is 6.78. The molecule has 0 saturated carbocycles. The molecule has 0 atom stereocenters. The number of aryl methyl sites for hydroxylation is 1. The van der Waals surface area contributed by atoms with Crippen molar-refractivity contribution in [3.05, 3.63) is 41.5 Å². The van der Waals surface area contributed by atoms with Gasteiger partial charge in [0.25, 0.3) is 0 Å². The summed E-state index contributed by atoms with van der Waals surface area (Å²) >= 11 is 0. The third kappa shape index (κ3) is 3.91. The van der Waals surface area contributed by atoms with Crippen molar-refractivity contribution in [3.8, 4) is 5.88 Å². The van der Waals surface area contributed by atoms with E-state index in [2.05, 4.69) is 27.2 Å². The van der Waals surface area contributed by atoms with Gasteiger partial charge in [0.05, 0.1) is 7.11 Å². The van der Waals surface area contributed by atoms with Crippen LogP contribution in [0, 0.1) is 6.92 Å². The number of hydrogen-bond acceptors (Lipinski definition) is 5. The monoisotopic (exact) mass is 272 g/mol. The molecule has 0 spiro atoms. The second kappa shape index (κ2) is 6.84. The van der Waals surface area contributed by atoms with Gasteiger partial charge < -0.3 is 10.1 Å². The van der Waals surface area contributed by atoms with Crippen LogP contribution in [0.4, 0.5) is 5.82 Å². The van der Waals surface area contributed by atoms with Gasteiger partial charge in [-0.2, -0.15) is 0 Å². The van der Waals surface area contributed by atoms with Crippen LogP contribution < -0.4 is 10.1 Å². The molecule has 0 amide bonds. The topological polar surface area (TPSA) is 59.9 Å². The van der Waals surface area contributed by atoms with Crippen LogP contribution in [-0.4, -0.2) is 28.6 Å². The lowest BCUT2D eigenvalue weighted by Gasteiger charge is -2.08. The normalized spacial score (nSPS) is 10.3. The van der Waals surface area contributed by atoms with E-state index in [-0.39, 0.29) is 0 Å². The minimum Gasteiger partial charge on any atom is -0.481 e. The number of nitrogens with one attached hydrogen (secondary N) is 1. The summed E-state index contributed by atoms with van der Waals surface area (Å²) in [7, 11) is 1.61. The van der Waals surface area contributed by atoms with E-state index < -0.39 is 0 Å². The molecule has 5 nitrogen and oxygen atoms in total. The Morgan fingerprint density at radius 2 is 2.10 bits per heavy atom. The molecular weight excluding hydrogens is 252 g/mol. The quantitative estimate of drug-likeness (QED) is 0.876. The van der Waals surface area contributed by atoms with Crippen LogP contribution in [0.3, 0.4) is 0 Å². The third-order valence-electron chi connectivity index (χ3n) is 2.83. The molecule has 0 aromatic carbocycles. The highest BCUT2D eigenvalue weighted by Crippen LogP contribution is 2.12. The van der Waals surface area contributed by atoms with Gasteiger partial charge in [0.15, 0.2) is 0 Å². The molecule has 2 aromatic rings. The van der Waals surface area contributed by atoms with Crippen LogP contribution in [0.1, 0.15) is 30.4 Å². The molecule has 106 valence electrons. The highest BCUT2D eigenvalue weighted by Gasteiger charge is 2.04. The van der Waals surface area contributed by atoms with Crippen molar-refractivity contribution in [1.29, 1.82) is 0 Å². The lowest BCUT2D eigenvalue weighted by atomic mass is 10.2. The molecule has 0 bridgehead atoms. The molecule has 0 aliphatic rings. The fraction of sp³-hybridized carbons (Fsp3) is 0.400. The first kappa shape index (κ1) is 14.2. The molecule has 20 heavy (non-hydrogen) atoms. The number of rotatable bonds is 6. The molecule has 0 aliphatic heterocycles. The standard InChI is InChI=1S/C15H20N4O/c1-4-7-16-13-8-11(2)18-14(19-13)9-12-5-6-15(20-3)17-10-12/h5-6,8,10H,4,7,9H2,1-3H3,(H,16,18,19). The average Bonchev–Trinajstić information content (AvgIpc) is 2.45. The first-order valence-electron chi connectivity index (χ1n) is 6.78. The Labute approximate surface area is 119 Å². The van der Waals surface area contributed by atoms with Gasteiger partial charge in [-0.1, -0.05) is 13.0 Å². The van der Waals surface area contributed by atoms with Crippen molar-refractivity contribution in [3.63, 3.8) is 0 Å². The van der Waals surface area contributed by atoms with Crippen molar-refractivity contribution in [2.75, 3.05) is 19.0 Å². The molecule has 1 N–H and O–H groups in total. The molecule has 0 aliphatic carbocycles. The third-order valence-corrected chi connectivity index (χ3v) is 2.83. The van der Waals surface area contributed by atoms with Crippen molar-refractivity contribution in [1.82, 2.24) is 15.0 Å². The van der Waals surface area contributed by atoms with E-state index in [0.717, 1.165) is 35.9 Å². The Bertz CT molecular complexity index is 554. The first-order chi connectivity index (χ1) is 9.71. The van der Waals surface area contributed by atoms with Crippen LogP contribution in [0.15, 0.2) is 24.4 Å². The molecule has 0 radical (unpaired) electrons. The summed E-state index contributed by atoms with van der Waals surface area (Å²) in [5.41, 5.74) is 2.04. The molecule has 0 saturated heterocycles. The minimum absolute atomic E-state index is 0.615. The Morgan fingerprint density at radius 3 is 2.75 bits per heavy atom. The Balaban J connectivity index is 2.12. The number of aromatic nitrogens is 3. The number of nitrogens with zero attached hydrogens (tertiary/aromatic N) is 3. The Hall–Kier alpha value is -2.17. The van der Waals surface area contributed by atoms with E-state index >= 15 is 0 Å². The van der Waals surface area contributed by atoms with Gasteiger partial charge in [0, 0.05) is 37.0 Å². The minimum atomic E-state index is 0.615. The van der Waals surface area contributed by atoms with Gasteiger partial charge in [-0.25, -0.2) is 15.0 Å². The number of methoxy groups -OCH3 is 1. The van der Waals surface area contributed by atoms with E-state index in [1.165, 1.54) is 0 Å². The lowest BCUT2D eigenvalue weighted by Crippen LogP contribution is -2.06. The molecule has 2 rings (SSSR count). The summed E-state index contributed by atoms with van der Waals surface area (Å²) in [5.74, 6) is 2.30. The summed E-state index contributed by atoms with van der Waals surface area (Å²) in [5, 5.41) is 3.29. The Morgan fingerprint density at radius 1 is 1.25 bits per heavy atom. The van der Waals surface area contributed by atoms with Crippen LogP contribution in [0.5, 0.6) is 5.88 Å². The van der Waals surface area contributed by atoms with Crippen LogP contribution in [0.25, 0.3) is 0 Å². The zero-order valence-corrected chi connectivity index (χ0v) is 12.2. The fourth-order valence-corrected chi connectivity index (χ4v) is 1.87. The Kier molecular flexibility index (Phi) is 4.87. The zero-order chi connectivity index (χ0) is 14.4. The van der Waals surface area contributed by atoms with Crippen molar-refractivity contribution in [2.24, 2.45) is 0 Å². The van der Waals surface area contributed by atoms with E-state index in [9.17, 15) is 0 Å². The van der Waals surface area contributed by atoms with Gasteiger partial charge in [0.1, 0.15) is 11.6 Å². The lowest BCUT2D eigenvalue weighted by molar-refractivity contribution is 0.397. The fourth-order valence-electron chi connectivity index (χ4n) is 1.87. The van der Waals surface area contributed by atoms with E-state index in [1.807, 2.05) is 25.1 Å². The van der Waals surface area contributed by atoms with E-state index in [1.54, 1.807) is 13.3 Å². The van der Waals surface area contributed by atoms with Crippen molar-refractivity contribution < 1.29 is 4.74 Å². The molecule has 0 fully saturated rings. The summed E-state index contributed by atoms with van der Waals surface area (Å²) in [6.07, 6.45) is 3.53. The predicted octanol–water partition coefficient (Wildman–Crippen LogP) is 2.60. The largest absolute Gasteiger partial charge is 0.481 e. The summed E-state index contributed by atoms with van der Waals surface area (Å²) < 4.78 is 5.05. The van der Waals surface area contributed by atoms with Crippen LogP contribution in [0.2, 0.25) is 0 Å². The van der Waals surface area contributed by atoms with Crippen molar-refractivity contribution in [2.45, 2.75) is 26.7 Å². The second-order valence-electron chi connectivity index (χ2n) is 4.62. The SMILES string of the molecule is CCCNc1cc(C)nc(Cc2ccc(OC)nc2)n1. The maximum absolute atomic E-state index is 5.05. The summed E-state index contributed by atoms with van der Waals surface area (Å²) in [4.78, 5) is 13.2. The second-order valence-corrected chi connectivity index (χ2v) is 4.62. The molecule has 2 aromatic heterocycles. The molecular formula is C15H20N4O. The number of anilines is 1. The van der Waals surface area contributed by atoms with E-state index in [4.69, 9.17) is 4.74 Å². The van der Waals surface area contributed by atoms with Gasteiger partial charge >= 0.3 is 0 Å². The van der Waals surface area contributed by atoms with Gasteiger partial charge in [-0.15, -0.1) is 0 Å². The van der Waals surface area contributed by atoms with Gasteiger partial charge in [-0.05, 0) is 18.9 Å². The van der Waals surface area contributed by atoms with E-state index in [0.29, 0.717) is 12.3 Å². The summed E-state index contributed by atoms with van der Waals surface area (Å²) in [6.45, 7) is 5.03. The van der Waals surface area contributed by atoms with Gasteiger partial charge in [0.2, 0.25) is 5.88 Å².